The highest BCUT2D eigenvalue weighted by atomic mass is 32.1. The van der Waals surface area contributed by atoms with Crippen LogP contribution in [0.2, 0.25) is 0 Å². The van der Waals surface area contributed by atoms with E-state index in [4.69, 9.17) is 5.73 Å². The fourth-order valence-corrected chi connectivity index (χ4v) is 4.05. The molecule has 3 N–H and O–H groups in total. The van der Waals surface area contributed by atoms with Gasteiger partial charge in [-0.2, -0.15) is 0 Å². The maximum Gasteiger partial charge on any atom is 0.255 e. The van der Waals surface area contributed by atoms with E-state index in [2.05, 4.69) is 20.3 Å². The van der Waals surface area contributed by atoms with Gasteiger partial charge in [0.1, 0.15) is 10.3 Å². The standard InChI is InChI=1S/C23H18N6OS/c1-14-2-3-15(10-19(14)16-11-20-22(26-12-16)31-23(24)28-20)21(30)27-17-4-6-18(7-5-17)29-9-8-25-13-29/h2-13H,1H3,(H2,24,28)(H,27,30). The minimum atomic E-state index is -0.177. The molecular weight excluding hydrogens is 408 g/mol. The van der Waals surface area contributed by atoms with Crippen LogP contribution in [-0.4, -0.2) is 25.4 Å². The van der Waals surface area contributed by atoms with Gasteiger partial charge in [0.2, 0.25) is 0 Å². The van der Waals surface area contributed by atoms with Crippen molar-refractivity contribution in [3.8, 4) is 16.8 Å². The molecule has 1 amide bonds. The van der Waals surface area contributed by atoms with Crippen molar-refractivity contribution in [1.29, 1.82) is 0 Å². The van der Waals surface area contributed by atoms with Gasteiger partial charge in [0.05, 0.1) is 6.33 Å². The predicted octanol–water partition coefficient (Wildman–Crippen LogP) is 4.69. The molecule has 0 radical (unpaired) electrons. The van der Waals surface area contributed by atoms with E-state index < -0.39 is 0 Å². The van der Waals surface area contributed by atoms with Crippen molar-refractivity contribution in [3.05, 3.63) is 84.6 Å². The Kier molecular flexibility index (Phi) is 4.68. The number of imidazole rings is 1. The fraction of sp³-hybridized carbons (Fsp3) is 0.0435. The van der Waals surface area contributed by atoms with Gasteiger partial charge in [-0.1, -0.05) is 17.4 Å². The van der Waals surface area contributed by atoms with Gasteiger partial charge < -0.3 is 15.6 Å². The number of nitrogens with two attached hydrogens (primary N) is 1. The molecule has 0 saturated heterocycles. The average molecular weight is 427 g/mol. The number of rotatable bonds is 4. The molecule has 3 heterocycles. The first kappa shape index (κ1) is 19.0. The number of carbonyl (C=O) groups excluding carboxylic acids is 1. The summed E-state index contributed by atoms with van der Waals surface area (Å²) >= 11 is 1.36. The Morgan fingerprint density at radius 1 is 1.13 bits per heavy atom. The Labute approximate surface area is 182 Å². The summed E-state index contributed by atoms with van der Waals surface area (Å²) in [6.45, 7) is 2.01. The van der Waals surface area contributed by atoms with Gasteiger partial charge in [-0.3, -0.25) is 4.79 Å². The summed E-state index contributed by atoms with van der Waals surface area (Å²) < 4.78 is 1.90. The third-order valence-corrected chi connectivity index (χ3v) is 5.81. The summed E-state index contributed by atoms with van der Waals surface area (Å²) in [5.41, 5.74) is 11.7. The summed E-state index contributed by atoms with van der Waals surface area (Å²) in [5.74, 6) is -0.177. The van der Waals surface area contributed by atoms with Gasteiger partial charge in [-0.05, 0) is 60.5 Å². The average Bonchev–Trinajstić information content (AvgIpc) is 3.43. The third kappa shape index (κ3) is 3.76. The third-order valence-electron chi connectivity index (χ3n) is 5.00. The van der Waals surface area contributed by atoms with Crippen molar-refractivity contribution in [3.63, 3.8) is 0 Å². The number of pyridine rings is 1. The minimum Gasteiger partial charge on any atom is -0.375 e. The van der Waals surface area contributed by atoms with E-state index in [0.717, 1.165) is 38.4 Å². The van der Waals surface area contributed by atoms with E-state index in [1.54, 1.807) is 18.7 Å². The number of nitrogen functional groups attached to an aromatic ring is 1. The highest BCUT2D eigenvalue weighted by molar-refractivity contribution is 7.21. The smallest absolute Gasteiger partial charge is 0.255 e. The first-order valence-electron chi connectivity index (χ1n) is 9.60. The fourth-order valence-electron chi connectivity index (χ4n) is 3.39. The zero-order valence-corrected chi connectivity index (χ0v) is 17.4. The van der Waals surface area contributed by atoms with Crippen LogP contribution in [0.5, 0.6) is 0 Å². The van der Waals surface area contributed by atoms with Gasteiger partial charge in [0.25, 0.3) is 5.91 Å². The highest BCUT2D eigenvalue weighted by Crippen LogP contribution is 2.29. The molecule has 8 heteroatoms. The maximum atomic E-state index is 12.9. The monoisotopic (exact) mass is 426 g/mol. The summed E-state index contributed by atoms with van der Waals surface area (Å²) in [5, 5.41) is 3.44. The highest BCUT2D eigenvalue weighted by Gasteiger charge is 2.12. The molecule has 0 spiro atoms. The van der Waals surface area contributed by atoms with Crippen LogP contribution in [-0.2, 0) is 0 Å². The van der Waals surface area contributed by atoms with Crippen molar-refractivity contribution in [2.45, 2.75) is 6.92 Å². The molecule has 0 bridgehead atoms. The van der Waals surface area contributed by atoms with Crippen molar-refractivity contribution >= 4 is 38.4 Å². The van der Waals surface area contributed by atoms with Crippen LogP contribution in [0.1, 0.15) is 15.9 Å². The first-order chi connectivity index (χ1) is 15.1. The molecule has 31 heavy (non-hydrogen) atoms. The van der Waals surface area contributed by atoms with Crippen molar-refractivity contribution in [2.75, 3.05) is 11.1 Å². The number of aryl methyl sites for hydroxylation is 1. The lowest BCUT2D eigenvalue weighted by Crippen LogP contribution is -2.12. The number of fused-ring (bicyclic) bond motifs is 1. The zero-order chi connectivity index (χ0) is 21.4. The summed E-state index contributed by atoms with van der Waals surface area (Å²) in [7, 11) is 0. The second-order valence-electron chi connectivity index (χ2n) is 7.10. The Hall–Kier alpha value is -4.04. The quantitative estimate of drug-likeness (QED) is 0.434. The van der Waals surface area contributed by atoms with E-state index in [1.807, 2.05) is 66.2 Å². The summed E-state index contributed by atoms with van der Waals surface area (Å²) in [4.78, 5) is 26.5. The molecule has 5 aromatic rings. The van der Waals surface area contributed by atoms with Crippen LogP contribution in [0.4, 0.5) is 10.8 Å². The van der Waals surface area contributed by atoms with Crippen LogP contribution < -0.4 is 11.1 Å². The molecule has 0 unspecified atom stereocenters. The Bertz CT molecular complexity index is 1390. The number of amides is 1. The zero-order valence-electron chi connectivity index (χ0n) is 16.6. The topological polar surface area (TPSA) is 98.7 Å². The second-order valence-corrected chi connectivity index (χ2v) is 8.11. The molecule has 0 saturated carbocycles. The molecule has 0 aliphatic heterocycles. The number of hydrogen-bond donors (Lipinski definition) is 2. The predicted molar refractivity (Wildman–Crippen MR) is 124 cm³/mol. The van der Waals surface area contributed by atoms with Crippen molar-refractivity contribution in [1.82, 2.24) is 19.5 Å². The van der Waals surface area contributed by atoms with Crippen LogP contribution >= 0.6 is 11.3 Å². The Morgan fingerprint density at radius 3 is 2.74 bits per heavy atom. The molecule has 0 aliphatic rings. The van der Waals surface area contributed by atoms with E-state index >= 15 is 0 Å². The molecule has 152 valence electrons. The maximum absolute atomic E-state index is 12.9. The molecule has 5 rings (SSSR count). The number of anilines is 2. The molecule has 0 aliphatic carbocycles. The lowest BCUT2D eigenvalue weighted by Gasteiger charge is -2.10. The number of thiazole rings is 1. The molecular formula is C23H18N6OS. The molecule has 0 fully saturated rings. The summed E-state index contributed by atoms with van der Waals surface area (Å²) in [6, 6.07) is 15.2. The van der Waals surface area contributed by atoms with Gasteiger partial charge in [0, 0.05) is 41.1 Å². The van der Waals surface area contributed by atoms with E-state index in [-0.39, 0.29) is 5.91 Å². The molecule has 0 atom stereocenters. The van der Waals surface area contributed by atoms with Crippen LogP contribution in [0.25, 0.3) is 27.2 Å². The van der Waals surface area contributed by atoms with E-state index in [9.17, 15) is 4.79 Å². The van der Waals surface area contributed by atoms with Gasteiger partial charge in [-0.25, -0.2) is 15.0 Å². The van der Waals surface area contributed by atoms with Crippen LogP contribution in [0.15, 0.2) is 73.4 Å². The SMILES string of the molecule is Cc1ccc(C(=O)Nc2ccc(-n3ccnc3)cc2)cc1-c1cnc2sc(N)nc2c1. The number of hydrogen-bond acceptors (Lipinski definition) is 6. The number of nitrogens with zero attached hydrogens (tertiary/aromatic N) is 4. The van der Waals surface area contributed by atoms with E-state index in [1.165, 1.54) is 11.3 Å². The lowest BCUT2D eigenvalue weighted by atomic mass is 9.99. The first-order valence-corrected chi connectivity index (χ1v) is 10.4. The van der Waals surface area contributed by atoms with Crippen LogP contribution in [0, 0.1) is 6.92 Å². The van der Waals surface area contributed by atoms with Crippen molar-refractivity contribution in [2.24, 2.45) is 0 Å². The van der Waals surface area contributed by atoms with Crippen LogP contribution in [0.3, 0.4) is 0 Å². The van der Waals surface area contributed by atoms with Gasteiger partial charge in [0.15, 0.2) is 5.13 Å². The number of nitrogens with one attached hydrogen (secondary N) is 1. The largest absolute Gasteiger partial charge is 0.375 e. The van der Waals surface area contributed by atoms with Gasteiger partial charge in [-0.15, -0.1) is 0 Å². The van der Waals surface area contributed by atoms with E-state index in [0.29, 0.717) is 10.7 Å². The lowest BCUT2D eigenvalue weighted by molar-refractivity contribution is 0.102. The van der Waals surface area contributed by atoms with Crippen molar-refractivity contribution < 1.29 is 4.79 Å². The summed E-state index contributed by atoms with van der Waals surface area (Å²) in [6.07, 6.45) is 7.11. The Balaban J connectivity index is 1.40. The second kappa shape index (κ2) is 7.66. The Morgan fingerprint density at radius 2 is 1.97 bits per heavy atom. The van der Waals surface area contributed by atoms with Gasteiger partial charge >= 0.3 is 0 Å². The molecule has 2 aromatic carbocycles. The number of carbonyl (C=O) groups is 1. The molecule has 3 aromatic heterocycles. The molecule has 7 nitrogen and oxygen atoms in total. The number of benzene rings is 2. The normalized spacial score (nSPS) is 11.0. The minimum absolute atomic E-state index is 0.177. The number of aromatic nitrogens is 4.